The highest BCUT2D eigenvalue weighted by molar-refractivity contribution is 6.31. The van der Waals surface area contributed by atoms with E-state index in [4.69, 9.17) is 23.2 Å². The van der Waals surface area contributed by atoms with Crippen LogP contribution in [0.4, 0.5) is 8.78 Å². The molecule has 7 heteroatoms. The second-order valence-electron chi connectivity index (χ2n) is 4.48. The van der Waals surface area contributed by atoms with E-state index in [-0.39, 0.29) is 12.4 Å². The quantitative estimate of drug-likeness (QED) is 0.676. The van der Waals surface area contributed by atoms with Crippen LogP contribution in [-0.2, 0) is 12.4 Å². The Bertz CT molecular complexity index is 817. The van der Waals surface area contributed by atoms with Crippen LogP contribution < -0.4 is 0 Å². The lowest BCUT2D eigenvalue weighted by molar-refractivity contribution is 0.566. The average molecular weight is 328 g/mol. The van der Waals surface area contributed by atoms with E-state index in [0.29, 0.717) is 27.6 Å². The number of halogens is 4. The van der Waals surface area contributed by atoms with Crippen LogP contribution in [-0.4, -0.2) is 14.5 Å². The first-order chi connectivity index (χ1) is 10.1. The third-order valence-electron chi connectivity index (χ3n) is 3.09. The highest BCUT2D eigenvalue weighted by Gasteiger charge is 2.14. The predicted octanol–water partition coefficient (Wildman–Crippen LogP) is 4.15. The average Bonchev–Trinajstić information content (AvgIpc) is 2.79. The number of imidazole rings is 1. The van der Waals surface area contributed by atoms with Gasteiger partial charge in [-0.05, 0) is 12.1 Å². The molecule has 0 saturated heterocycles. The van der Waals surface area contributed by atoms with Crippen LogP contribution >= 0.6 is 23.2 Å². The highest BCUT2D eigenvalue weighted by Crippen LogP contribution is 2.21. The van der Waals surface area contributed by atoms with Crippen molar-refractivity contribution in [1.29, 1.82) is 0 Å². The third kappa shape index (κ3) is 2.71. The molecule has 3 nitrogen and oxygen atoms in total. The standard InChI is InChI=1S/C14H9Cl2F2N3/c15-5-13-20-12-3-9(16)6-19-14(12)21(13)7-8-1-2-10(17)4-11(8)18/h1-4,6H,5,7H2. The molecule has 2 aromatic heterocycles. The molecule has 0 amide bonds. The highest BCUT2D eigenvalue weighted by atomic mass is 35.5. The van der Waals surface area contributed by atoms with Crippen molar-refractivity contribution in [2.45, 2.75) is 12.4 Å². The minimum atomic E-state index is -0.619. The molecule has 1 aromatic carbocycles. The molecule has 0 unspecified atom stereocenters. The summed E-state index contributed by atoms with van der Waals surface area (Å²) in [5, 5.41) is 0.459. The van der Waals surface area contributed by atoms with Gasteiger partial charge in [0, 0.05) is 17.8 Å². The van der Waals surface area contributed by atoms with Gasteiger partial charge < -0.3 is 4.57 Å². The summed E-state index contributed by atoms with van der Waals surface area (Å²) < 4.78 is 28.4. The van der Waals surface area contributed by atoms with Gasteiger partial charge in [0.2, 0.25) is 0 Å². The molecular formula is C14H9Cl2F2N3. The molecule has 0 bridgehead atoms. The number of fused-ring (bicyclic) bond motifs is 1. The maximum atomic E-state index is 13.8. The maximum Gasteiger partial charge on any atom is 0.160 e. The number of aromatic nitrogens is 3. The van der Waals surface area contributed by atoms with Gasteiger partial charge in [0.05, 0.1) is 17.4 Å². The number of nitrogens with zero attached hydrogens (tertiary/aromatic N) is 3. The van der Waals surface area contributed by atoms with Crippen LogP contribution in [0.5, 0.6) is 0 Å². The number of hydrogen-bond acceptors (Lipinski definition) is 2. The van der Waals surface area contributed by atoms with E-state index >= 15 is 0 Å². The van der Waals surface area contributed by atoms with Gasteiger partial charge >= 0.3 is 0 Å². The fourth-order valence-electron chi connectivity index (χ4n) is 2.12. The van der Waals surface area contributed by atoms with Crippen LogP contribution in [0.15, 0.2) is 30.5 Å². The van der Waals surface area contributed by atoms with Crippen LogP contribution in [0.2, 0.25) is 5.02 Å². The van der Waals surface area contributed by atoms with E-state index in [1.165, 1.54) is 18.3 Å². The summed E-state index contributed by atoms with van der Waals surface area (Å²) in [6.07, 6.45) is 1.49. The van der Waals surface area contributed by atoms with Crippen molar-refractivity contribution in [3.05, 3.63) is 58.5 Å². The van der Waals surface area contributed by atoms with Gasteiger partial charge in [0.25, 0.3) is 0 Å². The summed E-state index contributed by atoms with van der Waals surface area (Å²) in [4.78, 5) is 8.53. The largest absolute Gasteiger partial charge is 0.307 e. The second-order valence-corrected chi connectivity index (χ2v) is 5.18. The maximum absolute atomic E-state index is 13.8. The van der Waals surface area contributed by atoms with Gasteiger partial charge in [-0.3, -0.25) is 0 Å². The lowest BCUT2D eigenvalue weighted by atomic mass is 10.2. The van der Waals surface area contributed by atoms with Gasteiger partial charge in [0.15, 0.2) is 5.65 Å². The van der Waals surface area contributed by atoms with E-state index in [0.717, 1.165) is 6.07 Å². The molecule has 0 spiro atoms. The van der Waals surface area contributed by atoms with Crippen molar-refractivity contribution in [3.8, 4) is 0 Å². The molecule has 0 saturated carbocycles. The van der Waals surface area contributed by atoms with Crippen molar-refractivity contribution >= 4 is 34.4 Å². The molecular weight excluding hydrogens is 319 g/mol. The smallest absolute Gasteiger partial charge is 0.160 e. The van der Waals surface area contributed by atoms with Gasteiger partial charge in [-0.15, -0.1) is 11.6 Å². The molecule has 2 heterocycles. The zero-order valence-electron chi connectivity index (χ0n) is 10.7. The van der Waals surface area contributed by atoms with E-state index in [9.17, 15) is 8.78 Å². The lowest BCUT2D eigenvalue weighted by Crippen LogP contribution is -2.06. The lowest BCUT2D eigenvalue weighted by Gasteiger charge is -2.08. The molecule has 0 radical (unpaired) electrons. The number of alkyl halides is 1. The summed E-state index contributed by atoms with van der Waals surface area (Å²) in [6.45, 7) is 0.166. The molecule has 0 aliphatic rings. The minimum Gasteiger partial charge on any atom is -0.307 e. The van der Waals surface area contributed by atoms with Crippen LogP contribution in [0, 0.1) is 11.6 Å². The first kappa shape index (κ1) is 14.2. The molecule has 0 atom stereocenters. The first-order valence-corrected chi connectivity index (χ1v) is 7.00. The Morgan fingerprint density at radius 2 is 2.00 bits per heavy atom. The Morgan fingerprint density at radius 3 is 2.71 bits per heavy atom. The SMILES string of the molecule is Fc1ccc(Cn2c(CCl)nc3cc(Cl)cnc32)c(F)c1. The van der Waals surface area contributed by atoms with Crippen LogP contribution in [0.1, 0.15) is 11.4 Å². The molecule has 0 aliphatic heterocycles. The molecule has 3 aromatic rings. The van der Waals surface area contributed by atoms with Crippen LogP contribution in [0.25, 0.3) is 11.2 Å². The molecule has 0 N–H and O–H groups in total. The Kier molecular flexibility index (Phi) is 3.78. The van der Waals surface area contributed by atoms with Gasteiger partial charge in [0.1, 0.15) is 23.0 Å². The molecule has 0 aliphatic carbocycles. The van der Waals surface area contributed by atoms with E-state index < -0.39 is 11.6 Å². The normalized spacial score (nSPS) is 11.2. The van der Waals surface area contributed by atoms with Crippen molar-refractivity contribution in [2.24, 2.45) is 0 Å². The van der Waals surface area contributed by atoms with E-state index in [2.05, 4.69) is 9.97 Å². The molecule has 0 fully saturated rings. The third-order valence-corrected chi connectivity index (χ3v) is 3.54. The Hall–Kier alpha value is -1.72. The monoisotopic (exact) mass is 327 g/mol. The van der Waals surface area contributed by atoms with Gasteiger partial charge in [-0.1, -0.05) is 17.7 Å². The Morgan fingerprint density at radius 1 is 1.19 bits per heavy atom. The fraction of sp³-hybridized carbons (Fsp3) is 0.143. The number of benzene rings is 1. The molecule has 21 heavy (non-hydrogen) atoms. The van der Waals surface area contributed by atoms with Gasteiger partial charge in [-0.2, -0.15) is 0 Å². The van der Waals surface area contributed by atoms with Gasteiger partial charge in [-0.25, -0.2) is 18.7 Å². The van der Waals surface area contributed by atoms with E-state index in [1.807, 2.05) is 0 Å². The zero-order chi connectivity index (χ0) is 15.0. The minimum absolute atomic E-state index is 0.150. The number of pyridine rings is 1. The first-order valence-electron chi connectivity index (χ1n) is 6.09. The van der Waals surface area contributed by atoms with Crippen LogP contribution in [0.3, 0.4) is 0 Å². The molecule has 3 rings (SSSR count). The summed E-state index contributed by atoms with van der Waals surface area (Å²) >= 11 is 11.8. The predicted molar refractivity (Wildman–Crippen MR) is 77.6 cm³/mol. The van der Waals surface area contributed by atoms with Crippen molar-refractivity contribution in [2.75, 3.05) is 0 Å². The Balaban J connectivity index is 2.10. The summed E-state index contributed by atoms with van der Waals surface area (Å²) in [7, 11) is 0. The molecule has 108 valence electrons. The fourth-order valence-corrected chi connectivity index (χ4v) is 2.48. The summed E-state index contributed by atoms with van der Waals surface area (Å²) in [6, 6.07) is 5.11. The summed E-state index contributed by atoms with van der Waals surface area (Å²) in [5.41, 5.74) is 1.47. The Labute approximate surface area is 129 Å². The van der Waals surface area contributed by atoms with Crippen molar-refractivity contribution in [1.82, 2.24) is 14.5 Å². The topological polar surface area (TPSA) is 30.7 Å². The zero-order valence-corrected chi connectivity index (χ0v) is 12.2. The van der Waals surface area contributed by atoms with E-state index in [1.54, 1.807) is 10.6 Å². The second kappa shape index (κ2) is 5.58. The number of hydrogen-bond donors (Lipinski definition) is 0. The van der Waals surface area contributed by atoms with Crippen molar-refractivity contribution in [3.63, 3.8) is 0 Å². The number of rotatable bonds is 3. The summed E-state index contributed by atoms with van der Waals surface area (Å²) in [5.74, 6) is -0.540. The van der Waals surface area contributed by atoms with Crippen molar-refractivity contribution < 1.29 is 8.78 Å².